The Hall–Kier alpha value is -1.63. The molecule has 0 aliphatic carbocycles. The van der Waals surface area contributed by atoms with Gasteiger partial charge in [0.25, 0.3) is 5.91 Å². The molecular formula is C15H21Cl2N5O. The molecule has 0 saturated carbocycles. The Labute approximate surface area is 146 Å². The number of aromatic nitrogens is 3. The first kappa shape index (κ1) is 19.4. The van der Waals surface area contributed by atoms with E-state index in [0.29, 0.717) is 23.7 Å². The lowest BCUT2D eigenvalue weighted by Gasteiger charge is -2.18. The first-order valence-electron chi connectivity index (χ1n) is 7.09. The van der Waals surface area contributed by atoms with Crippen molar-refractivity contribution in [2.75, 3.05) is 6.54 Å². The number of carbonyl (C=O) groups is 1. The largest absolute Gasteiger partial charge is 0.349 e. The maximum absolute atomic E-state index is 12.3. The van der Waals surface area contributed by atoms with Crippen molar-refractivity contribution in [3.8, 4) is 5.69 Å². The van der Waals surface area contributed by atoms with Gasteiger partial charge < -0.3 is 11.1 Å². The molecule has 23 heavy (non-hydrogen) atoms. The number of nitrogens with zero attached hydrogens (tertiary/aromatic N) is 3. The molecule has 1 amide bonds. The molecule has 0 unspecified atom stereocenters. The van der Waals surface area contributed by atoms with E-state index in [0.717, 1.165) is 11.4 Å². The maximum atomic E-state index is 12.3. The molecule has 0 aliphatic rings. The highest BCUT2D eigenvalue weighted by molar-refractivity contribution is 6.30. The van der Waals surface area contributed by atoms with E-state index in [4.69, 9.17) is 17.3 Å². The van der Waals surface area contributed by atoms with Crippen molar-refractivity contribution in [1.29, 1.82) is 0 Å². The summed E-state index contributed by atoms with van der Waals surface area (Å²) < 4.78 is 1.63. The Morgan fingerprint density at radius 3 is 2.70 bits per heavy atom. The Morgan fingerprint density at radius 2 is 2.13 bits per heavy atom. The van der Waals surface area contributed by atoms with Crippen LogP contribution in [0.25, 0.3) is 5.69 Å². The highest BCUT2D eigenvalue weighted by Crippen LogP contribution is 2.17. The standard InChI is InChI=1S/C15H20ClN5O.ClH/c1-4-12-13(14(22)18-9-15(2,3)17)19-20-21(12)11-7-5-6-10(16)8-11;/h5-8H,4,9,17H2,1-3H3,(H,18,22);1H. The van der Waals surface area contributed by atoms with Crippen LogP contribution in [0.3, 0.4) is 0 Å². The van der Waals surface area contributed by atoms with Crippen LogP contribution in [0.4, 0.5) is 0 Å². The van der Waals surface area contributed by atoms with Gasteiger partial charge in [0.2, 0.25) is 0 Å². The third-order valence-electron chi connectivity index (χ3n) is 3.07. The number of carbonyl (C=O) groups excluding carboxylic acids is 1. The summed E-state index contributed by atoms with van der Waals surface area (Å²) in [6, 6.07) is 7.25. The lowest BCUT2D eigenvalue weighted by atomic mass is 10.1. The van der Waals surface area contributed by atoms with E-state index in [-0.39, 0.29) is 18.3 Å². The van der Waals surface area contributed by atoms with Crippen LogP contribution >= 0.6 is 24.0 Å². The molecule has 1 aromatic heterocycles. The number of halogens is 2. The molecule has 126 valence electrons. The van der Waals surface area contributed by atoms with Gasteiger partial charge in [0.1, 0.15) is 0 Å². The Bertz CT molecular complexity index is 679. The van der Waals surface area contributed by atoms with Gasteiger partial charge in [-0.25, -0.2) is 4.68 Å². The zero-order valence-electron chi connectivity index (χ0n) is 13.3. The Kier molecular flexibility index (Phi) is 6.56. The van der Waals surface area contributed by atoms with Crippen molar-refractivity contribution in [3.05, 3.63) is 40.7 Å². The van der Waals surface area contributed by atoms with E-state index in [1.54, 1.807) is 16.8 Å². The van der Waals surface area contributed by atoms with Gasteiger partial charge in [0, 0.05) is 17.1 Å². The van der Waals surface area contributed by atoms with Gasteiger partial charge in [-0.15, -0.1) is 17.5 Å². The third-order valence-corrected chi connectivity index (χ3v) is 3.31. The summed E-state index contributed by atoms with van der Waals surface area (Å²) in [5.41, 5.74) is 7.21. The summed E-state index contributed by atoms with van der Waals surface area (Å²) in [4.78, 5) is 12.3. The number of benzene rings is 1. The van der Waals surface area contributed by atoms with E-state index in [1.165, 1.54) is 0 Å². The van der Waals surface area contributed by atoms with Gasteiger partial charge in [-0.3, -0.25) is 4.79 Å². The first-order chi connectivity index (χ1) is 10.3. The molecule has 1 heterocycles. The number of hydrogen-bond acceptors (Lipinski definition) is 4. The van der Waals surface area contributed by atoms with Gasteiger partial charge in [-0.05, 0) is 38.5 Å². The Morgan fingerprint density at radius 1 is 1.43 bits per heavy atom. The van der Waals surface area contributed by atoms with Crippen LogP contribution in [0.2, 0.25) is 5.02 Å². The second-order valence-electron chi connectivity index (χ2n) is 5.80. The fourth-order valence-electron chi connectivity index (χ4n) is 2.00. The first-order valence-corrected chi connectivity index (χ1v) is 7.47. The molecule has 1 aromatic carbocycles. The topological polar surface area (TPSA) is 85.8 Å². The van der Waals surface area contributed by atoms with Crippen molar-refractivity contribution >= 4 is 29.9 Å². The van der Waals surface area contributed by atoms with Crippen LogP contribution in [0.5, 0.6) is 0 Å². The summed E-state index contributed by atoms with van der Waals surface area (Å²) >= 11 is 6.00. The molecule has 0 aliphatic heterocycles. The molecular weight excluding hydrogens is 337 g/mol. The highest BCUT2D eigenvalue weighted by Gasteiger charge is 2.21. The number of rotatable bonds is 5. The van der Waals surface area contributed by atoms with Gasteiger partial charge >= 0.3 is 0 Å². The summed E-state index contributed by atoms with van der Waals surface area (Å²) in [7, 11) is 0. The lowest BCUT2D eigenvalue weighted by Crippen LogP contribution is -2.45. The van der Waals surface area contributed by atoms with Crippen molar-refractivity contribution in [2.24, 2.45) is 5.73 Å². The highest BCUT2D eigenvalue weighted by atomic mass is 35.5. The Balaban J connectivity index is 0.00000264. The third kappa shape index (κ3) is 4.92. The molecule has 2 rings (SSSR count). The maximum Gasteiger partial charge on any atom is 0.273 e. The average molecular weight is 358 g/mol. The smallest absolute Gasteiger partial charge is 0.273 e. The number of nitrogens with one attached hydrogen (secondary N) is 1. The fraction of sp³-hybridized carbons (Fsp3) is 0.400. The number of hydrogen-bond donors (Lipinski definition) is 2. The fourth-order valence-corrected chi connectivity index (χ4v) is 2.19. The SMILES string of the molecule is CCc1c(C(=O)NCC(C)(C)N)nnn1-c1cccc(Cl)c1.Cl. The van der Waals surface area contributed by atoms with Crippen LogP contribution < -0.4 is 11.1 Å². The quantitative estimate of drug-likeness (QED) is 0.859. The molecule has 0 fully saturated rings. The minimum atomic E-state index is -0.481. The van der Waals surface area contributed by atoms with Crippen LogP contribution in [-0.4, -0.2) is 33.0 Å². The predicted octanol–water partition coefficient (Wildman–Crippen LogP) is 2.37. The van der Waals surface area contributed by atoms with Crippen LogP contribution in [0.15, 0.2) is 24.3 Å². The summed E-state index contributed by atoms with van der Waals surface area (Å²) in [6.45, 7) is 6.00. The van der Waals surface area contributed by atoms with E-state index >= 15 is 0 Å². The van der Waals surface area contributed by atoms with E-state index < -0.39 is 5.54 Å². The molecule has 2 aromatic rings. The summed E-state index contributed by atoms with van der Waals surface area (Å²) in [5.74, 6) is -0.274. The average Bonchev–Trinajstić information content (AvgIpc) is 2.87. The molecule has 0 spiro atoms. The lowest BCUT2D eigenvalue weighted by molar-refractivity contribution is 0.0940. The number of amides is 1. The molecule has 0 bridgehead atoms. The van der Waals surface area contributed by atoms with Gasteiger partial charge in [0.15, 0.2) is 5.69 Å². The molecule has 0 saturated heterocycles. The summed E-state index contributed by atoms with van der Waals surface area (Å²) in [6.07, 6.45) is 0.619. The van der Waals surface area contributed by atoms with Crippen molar-refractivity contribution in [3.63, 3.8) is 0 Å². The zero-order chi connectivity index (χ0) is 16.3. The second kappa shape index (κ2) is 7.77. The molecule has 8 heteroatoms. The van der Waals surface area contributed by atoms with Crippen LogP contribution in [0.1, 0.15) is 37.0 Å². The molecule has 0 radical (unpaired) electrons. The monoisotopic (exact) mass is 357 g/mol. The van der Waals surface area contributed by atoms with Gasteiger partial charge in [-0.1, -0.05) is 29.8 Å². The minimum Gasteiger partial charge on any atom is -0.349 e. The zero-order valence-corrected chi connectivity index (χ0v) is 14.9. The van der Waals surface area contributed by atoms with Crippen molar-refractivity contribution in [2.45, 2.75) is 32.7 Å². The van der Waals surface area contributed by atoms with Crippen molar-refractivity contribution in [1.82, 2.24) is 20.3 Å². The molecule has 3 N–H and O–H groups in total. The van der Waals surface area contributed by atoms with E-state index in [1.807, 2.05) is 32.9 Å². The van der Waals surface area contributed by atoms with Gasteiger partial charge in [0.05, 0.1) is 11.4 Å². The van der Waals surface area contributed by atoms with Crippen LogP contribution in [-0.2, 0) is 6.42 Å². The number of nitrogens with two attached hydrogens (primary N) is 1. The molecule has 6 nitrogen and oxygen atoms in total. The van der Waals surface area contributed by atoms with Gasteiger partial charge in [-0.2, -0.15) is 0 Å². The van der Waals surface area contributed by atoms with E-state index in [2.05, 4.69) is 15.6 Å². The minimum absolute atomic E-state index is 0. The predicted molar refractivity (Wildman–Crippen MR) is 93.6 cm³/mol. The van der Waals surface area contributed by atoms with Crippen LogP contribution in [0, 0.1) is 0 Å². The van der Waals surface area contributed by atoms with Crippen molar-refractivity contribution < 1.29 is 4.79 Å². The van der Waals surface area contributed by atoms with E-state index in [9.17, 15) is 4.79 Å². The molecule has 0 atom stereocenters. The second-order valence-corrected chi connectivity index (χ2v) is 6.24. The normalized spacial score (nSPS) is 11.0. The summed E-state index contributed by atoms with van der Waals surface area (Å²) in [5, 5.41) is 11.5.